The minimum atomic E-state index is -2.52. The molecule has 0 saturated heterocycles. The van der Waals surface area contributed by atoms with Gasteiger partial charge in [0.05, 0.1) is 48.8 Å². The van der Waals surface area contributed by atoms with Crippen LogP contribution in [0.4, 0.5) is 61.5 Å². The fourth-order valence-corrected chi connectivity index (χ4v) is 7.39. The van der Waals surface area contributed by atoms with Crippen LogP contribution >= 0.6 is 0 Å². The first kappa shape index (κ1) is 37.8. The van der Waals surface area contributed by atoms with E-state index >= 15 is 26.3 Å². The number of hydrogen-bond donors (Lipinski definition) is 0. The van der Waals surface area contributed by atoms with Crippen molar-refractivity contribution in [2.75, 3.05) is 0 Å². The van der Waals surface area contributed by atoms with Gasteiger partial charge in [-0.15, -0.1) is 4.95 Å². The van der Waals surface area contributed by atoms with Gasteiger partial charge in [-0.3, -0.25) is 0 Å². The zero-order valence-electron chi connectivity index (χ0n) is 28.4. The second kappa shape index (κ2) is 12.9. The van der Waals surface area contributed by atoms with Crippen LogP contribution in [-0.2, 0) is 0 Å². The molecule has 0 aliphatic rings. The van der Waals surface area contributed by atoms with Crippen molar-refractivity contribution in [1.82, 2.24) is 9.97 Å². The third-order valence-corrected chi connectivity index (χ3v) is 9.97. The molecule has 0 bridgehead atoms. The van der Waals surface area contributed by atoms with Crippen LogP contribution in [0.3, 0.4) is 0 Å². The molecule has 8 aromatic carbocycles. The molecule has 0 radical (unpaired) electrons. The maximum Gasteiger partial charge on any atom is 0.206 e. The largest absolute Gasteiger partial charge is 0.241 e. The average Bonchev–Trinajstić information content (AvgIpc) is 3.69. The van der Waals surface area contributed by atoms with E-state index < -0.39 is 125 Å². The second-order valence-electron chi connectivity index (χ2n) is 12.9. The van der Waals surface area contributed by atoms with Crippen molar-refractivity contribution in [3.05, 3.63) is 140 Å². The molecule has 9 rings (SSSR count). The molecule has 0 aliphatic carbocycles. The Morgan fingerprint density at radius 2 is 0.783 bits per heavy atom. The van der Waals surface area contributed by atoms with Gasteiger partial charge in [0.15, 0.2) is 75.2 Å². The van der Waals surface area contributed by atoms with Gasteiger partial charge in [0.2, 0.25) is 6.19 Å². The summed E-state index contributed by atoms with van der Waals surface area (Å²) >= 11 is 0. The first-order valence-electron chi connectivity index (χ1n) is 16.3. The molecule has 0 N–H and O–H groups in total. The predicted molar refractivity (Wildman–Crippen MR) is 183 cm³/mol. The lowest BCUT2D eigenvalue weighted by molar-refractivity contribution is 0.412. The number of benzene rings is 6. The Balaban J connectivity index is 1.31. The molecule has 0 fully saturated rings. The lowest BCUT2D eigenvalue weighted by Crippen LogP contribution is -2.06. The Morgan fingerprint density at radius 3 is 1.17 bits per heavy atom. The summed E-state index contributed by atoms with van der Waals surface area (Å²) in [7, 11) is 0. The van der Waals surface area contributed by atoms with Crippen LogP contribution in [0.1, 0.15) is 0 Å². The van der Waals surface area contributed by atoms with Crippen LogP contribution in [0.25, 0.3) is 92.4 Å². The summed E-state index contributed by atoms with van der Waals surface area (Å²) in [6.07, 6.45) is 1.50. The summed E-state index contributed by atoms with van der Waals surface area (Å²) in [6.45, 7) is 7.39. The average molecular weight is 837 g/mol. The lowest BCUT2D eigenvalue weighted by atomic mass is 9.96. The first-order chi connectivity index (χ1) is 28.5. The van der Waals surface area contributed by atoms with Crippen LogP contribution in [0.5, 0.6) is 0 Å². The molecule has 0 amide bonds. The quantitative estimate of drug-likeness (QED) is 0.0434. The van der Waals surface area contributed by atoms with Crippen molar-refractivity contribution in [3.63, 3.8) is 0 Å². The van der Waals surface area contributed by atoms with Crippen LogP contribution in [-0.4, -0.2) is 9.97 Å². The normalized spacial score (nSPS) is 12.7. The highest BCUT2D eigenvalue weighted by Gasteiger charge is 2.33. The number of halogens is 14. The molecule has 294 valence electrons. The number of aromatic nitrogens is 2. The molecule has 9 aromatic rings. The molecule has 1 heterocycles. The molecular formula is C40H6F14N6. The molecule has 0 saturated carbocycles. The van der Waals surface area contributed by atoms with Crippen LogP contribution in [0, 0.1) is 99.5 Å². The molecular weight excluding hydrogens is 830 g/mol. The van der Waals surface area contributed by atoms with E-state index in [0.29, 0.717) is 0 Å². The van der Waals surface area contributed by atoms with E-state index in [9.17, 15) is 40.4 Å². The van der Waals surface area contributed by atoms with Gasteiger partial charge < -0.3 is 0 Å². The standard InChI is InChI=1S/C40H6F14N6/c1-56-60-38-14-7-10(16-22(42)18-20(26(46)24(16)44)30(50)34(54)32(52)28(18)48)3-5-12(14)37-40(38)59-36-11-4-2-9(6-13(11)35(57-8-55)39(36)58-37)15-21(41)17-19(25(45)23(15)43)29(49)33(53)31(51)27(17)47/h2-7H/b57-35?,60-38-. The predicted octanol–water partition coefficient (Wildman–Crippen LogP) is 10.7. The van der Waals surface area contributed by atoms with Gasteiger partial charge in [0.1, 0.15) is 28.0 Å². The number of rotatable bonds is 2. The zero-order chi connectivity index (χ0) is 43.0. The molecule has 20 heteroatoms. The summed E-state index contributed by atoms with van der Waals surface area (Å²) in [4.78, 5) is 15.7. The van der Waals surface area contributed by atoms with Crippen molar-refractivity contribution in [2.45, 2.75) is 0 Å². The van der Waals surface area contributed by atoms with Gasteiger partial charge >= 0.3 is 0 Å². The monoisotopic (exact) mass is 836 g/mol. The highest BCUT2D eigenvalue weighted by atomic mass is 19.2. The van der Waals surface area contributed by atoms with E-state index in [-0.39, 0.29) is 54.3 Å². The first-order valence-corrected chi connectivity index (χ1v) is 16.3. The van der Waals surface area contributed by atoms with Gasteiger partial charge in [-0.05, 0) is 23.3 Å². The van der Waals surface area contributed by atoms with E-state index in [0.717, 1.165) is 36.4 Å². The van der Waals surface area contributed by atoms with Crippen LogP contribution in [0.15, 0.2) is 46.5 Å². The van der Waals surface area contributed by atoms with E-state index in [4.69, 9.17) is 6.57 Å². The van der Waals surface area contributed by atoms with Gasteiger partial charge in [0, 0.05) is 21.5 Å². The van der Waals surface area contributed by atoms with Crippen molar-refractivity contribution in [3.8, 4) is 28.4 Å². The number of nitriles is 1. The Kier molecular flexibility index (Phi) is 8.12. The topological polar surface area (TPSA) is 78.6 Å². The molecule has 60 heavy (non-hydrogen) atoms. The molecule has 0 spiro atoms. The Bertz CT molecular complexity index is 3500. The smallest absolute Gasteiger partial charge is 0.206 e. The Hall–Kier alpha value is -7.74. The third-order valence-electron chi connectivity index (χ3n) is 9.97. The lowest BCUT2D eigenvalue weighted by Gasteiger charge is -2.13. The molecule has 0 unspecified atom stereocenters. The fraction of sp³-hybridized carbons (Fsp3) is 0. The van der Waals surface area contributed by atoms with E-state index in [1.165, 1.54) is 6.19 Å². The number of fused-ring (bicyclic) bond motifs is 8. The van der Waals surface area contributed by atoms with E-state index in [1.807, 2.05) is 0 Å². The summed E-state index contributed by atoms with van der Waals surface area (Å²) < 4.78 is 207. The Morgan fingerprint density at radius 1 is 0.433 bits per heavy atom. The maximum atomic E-state index is 15.8. The minimum Gasteiger partial charge on any atom is -0.241 e. The van der Waals surface area contributed by atoms with Crippen LogP contribution < -0.4 is 10.7 Å². The highest BCUT2D eigenvalue weighted by Crippen LogP contribution is 2.42. The van der Waals surface area contributed by atoms with Crippen molar-refractivity contribution >= 4 is 65.2 Å². The molecule has 6 nitrogen and oxygen atoms in total. The third kappa shape index (κ3) is 4.75. The number of nitrogens with zero attached hydrogens (tertiary/aromatic N) is 6. The van der Waals surface area contributed by atoms with Crippen LogP contribution in [0.2, 0.25) is 0 Å². The van der Waals surface area contributed by atoms with Crippen molar-refractivity contribution in [1.29, 1.82) is 5.26 Å². The van der Waals surface area contributed by atoms with Crippen molar-refractivity contribution < 1.29 is 61.5 Å². The SMILES string of the molecule is [C-]#[N+]/N=c1/c2cc(-c3c(F)c(F)c4c(F)c(F)c(F)c(F)c4c3F)ccc2c2nc3c(=NC#N)c4cc(-c5c(F)c(F)c6c(F)c(F)c(F)c(F)c6c5F)ccc4c3nc12. The Labute approximate surface area is 320 Å². The highest BCUT2D eigenvalue weighted by molar-refractivity contribution is 6.16. The number of hydrogen-bond acceptors (Lipinski definition) is 5. The second-order valence-corrected chi connectivity index (χ2v) is 12.9. The summed E-state index contributed by atoms with van der Waals surface area (Å²) in [6, 6.07) is 5.94. The van der Waals surface area contributed by atoms with Gasteiger partial charge in [-0.1, -0.05) is 24.3 Å². The maximum absolute atomic E-state index is 15.8. The molecule has 0 atom stereocenters. The zero-order valence-corrected chi connectivity index (χ0v) is 28.4. The van der Waals surface area contributed by atoms with Gasteiger partial charge in [-0.25, -0.2) is 71.4 Å². The molecule has 0 aliphatic heterocycles. The minimum absolute atomic E-state index is 0.0120. The van der Waals surface area contributed by atoms with E-state index in [2.05, 4.69) is 25.0 Å². The molecule has 1 aromatic heterocycles. The van der Waals surface area contributed by atoms with E-state index in [1.54, 1.807) is 0 Å². The summed E-state index contributed by atoms with van der Waals surface area (Å²) in [5.41, 5.74) is -4.60. The fourth-order valence-electron chi connectivity index (χ4n) is 7.39. The van der Waals surface area contributed by atoms with Crippen molar-refractivity contribution in [2.24, 2.45) is 10.1 Å². The van der Waals surface area contributed by atoms with Gasteiger partial charge in [-0.2, -0.15) is 16.8 Å². The summed E-state index contributed by atoms with van der Waals surface area (Å²) in [5.74, 6) is -32.4. The van der Waals surface area contributed by atoms with Gasteiger partial charge in [0.25, 0.3) is 0 Å². The summed E-state index contributed by atoms with van der Waals surface area (Å²) in [5, 5.41) is 5.16.